The van der Waals surface area contributed by atoms with E-state index < -0.39 is 11.8 Å². The van der Waals surface area contributed by atoms with Gasteiger partial charge < -0.3 is 20.1 Å². The van der Waals surface area contributed by atoms with E-state index in [1.165, 1.54) is 20.3 Å². The molecule has 0 saturated heterocycles. The van der Waals surface area contributed by atoms with Crippen LogP contribution < -0.4 is 20.1 Å². The quantitative estimate of drug-likeness (QED) is 0.265. The monoisotopic (exact) mass is 470 g/mol. The maximum Gasteiger partial charge on any atom is 0.261 e. The summed E-state index contributed by atoms with van der Waals surface area (Å²) in [6, 6.07) is 18.5. The number of amides is 2. The van der Waals surface area contributed by atoms with Gasteiger partial charge in [0.15, 0.2) is 0 Å². The zero-order valence-corrected chi connectivity index (χ0v) is 18.8. The summed E-state index contributed by atoms with van der Waals surface area (Å²) in [5, 5.41) is 6.03. The third kappa shape index (κ3) is 5.60. The highest BCUT2D eigenvalue weighted by molar-refractivity contribution is 6.36. The molecule has 0 aromatic heterocycles. The lowest BCUT2D eigenvalue weighted by molar-refractivity contribution is -0.118. The second-order valence-electron chi connectivity index (χ2n) is 6.53. The molecule has 164 valence electrons. The molecule has 0 aliphatic heterocycles. The molecule has 3 aromatic rings. The van der Waals surface area contributed by atoms with Gasteiger partial charge in [-0.15, -0.1) is 0 Å². The molecule has 0 fully saturated rings. The van der Waals surface area contributed by atoms with Gasteiger partial charge in [-0.1, -0.05) is 47.5 Å². The molecule has 0 aliphatic carbocycles. The molecule has 3 rings (SSSR count). The molecule has 8 heteroatoms. The highest BCUT2D eigenvalue weighted by atomic mass is 35.5. The van der Waals surface area contributed by atoms with E-state index >= 15 is 0 Å². The van der Waals surface area contributed by atoms with Crippen molar-refractivity contribution in [2.45, 2.75) is 0 Å². The van der Waals surface area contributed by atoms with E-state index in [1.807, 2.05) is 0 Å². The van der Waals surface area contributed by atoms with E-state index in [0.29, 0.717) is 38.5 Å². The van der Waals surface area contributed by atoms with Crippen LogP contribution in [0.2, 0.25) is 10.0 Å². The Labute approximate surface area is 195 Å². The lowest BCUT2D eigenvalue weighted by Crippen LogP contribution is -2.25. The maximum absolute atomic E-state index is 13.1. The van der Waals surface area contributed by atoms with Gasteiger partial charge in [0.2, 0.25) is 0 Å². The molecule has 32 heavy (non-hydrogen) atoms. The zero-order chi connectivity index (χ0) is 23.1. The van der Waals surface area contributed by atoms with Crippen LogP contribution in [0.25, 0.3) is 6.08 Å². The number of ether oxygens (including phenoxy) is 2. The molecule has 0 unspecified atom stereocenters. The standard InChI is InChI=1S/C24H20Cl2N2O4/c1-31-16-12-11-15(22(14-16)32-2)13-17(23(29)27-20-9-5-3-7-18(20)25)24(30)28-21-10-6-4-8-19(21)26/h3-14H,1-2H3,(H,27,29)(H,28,30). The predicted molar refractivity (Wildman–Crippen MR) is 128 cm³/mol. The van der Waals surface area contributed by atoms with Crippen LogP contribution in [-0.2, 0) is 9.59 Å². The van der Waals surface area contributed by atoms with E-state index in [-0.39, 0.29) is 5.57 Å². The largest absolute Gasteiger partial charge is 0.497 e. The number of carbonyl (C=O) groups excluding carboxylic acids is 2. The van der Waals surface area contributed by atoms with Gasteiger partial charge in [-0.2, -0.15) is 0 Å². The molecule has 3 aromatic carbocycles. The SMILES string of the molecule is COc1ccc(C=C(C(=O)Nc2ccccc2Cl)C(=O)Nc2ccccc2Cl)c(OC)c1. The lowest BCUT2D eigenvalue weighted by Gasteiger charge is -2.13. The van der Waals surface area contributed by atoms with Gasteiger partial charge in [0.25, 0.3) is 11.8 Å². The van der Waals surface area contributed by atoms with Crippen molar-refractivity contribution in [3.63, 3.8) is 0 Å². The van der Waals surface area contributed by atoms with Gasteiger partial charge in [-0.05, 0) is 42.5 Å². The molecule has 0 bridgehead atoms. The average Bonchev–Trinajstić information content (AvgIpc) is 2.80. The number of rotatable bonds is 7. The number of anilines is 2. The van der Waals surface area contributed by atoms with Gasteiger partial charge in [-0.3, -0.25) is 9.59 Å². The fraction of sp³-hybridized carbons (Fsp3) is 0.0833. The first-order valence-electron chi connectivity index (χ1n) is 9.48. The highest BCUT2D eigenvalue weighted by Gasteiger charge is 2.21. The van der Waals surface area contributed by atoms with Crippen molar-refractivity contribution in [3.8, 4) is 11.5 Å². The first kappa shape index (κ1) is 23.2. The Morgan fingerprint density at radius 2 is 1.31 bits per heavy atom. The third-order valence-electron chi connectivity index (χ3n) is 4.47. The van der Waals surface area contributed by atoms with E-state index in [2.05, 4.69) is 10.6 Å². The molecule has 0 heterocycles. The summed E-state index contributed by atoms with van der Waals surface area (Å²) in [6.07, 6.45) is 1.43. The second-order valence-corrected chi connectivity index (χ2v) is 7.35. The van der Waals surface area contributed by atoms with Crippen LogP contribution in [0, 0.1) is 0 Å². The normalized spacial score (nSPS) is 10.1. The van der Waals surface area contributed by atoms with E-state index in [1.54, 1.807) is 66.7 Å². The van der Waals surface area contributed by atoms with E-state index in [4.69, 9.17) is 32.7 Å². The van der Waals surface area contributed by atoms with Crippen LogP contribution >= 0.6 is 23.2 Å². The van der Waals surface area contributed by atoms with Crippen molar-refractivity contribution in [2.75, 3.05) is 24.9 Å². The minimum Gasteiger partial charge on any atom is -0.497 e. The molecule has 0 spiro atoms. The zero-order valence-electron chi connectivity index (χ0n) is 17.3. The first-order chi connectivity index (χ1) is 15.4. The molecule has 0 atom stereocenters. The molecule has 0 saturated carbocycles. The van der Waals surface area contributed by atoms with Crippen LogP contribution in [0.1, 0.15) is 5.56 Å². The Kier molecular flexibility index (Phi) is 7.76. The van der Waals surface area contributed by atoms with Crippen molar-refractivity contribution in [3.05, 3.63) is 87.9 Å². The molecule has 2 N–H and O–H groups in total. The Hall–Kier alpha value is -3.48. The molecular weight excluding hydrogens is 451 g/mol. The molecule has 6 nitrogen and oxygen atoms in total. The van der Waals surface area contributed by atoms with Crippen LogP contribution in [0.3, 0.4) is 0 Å². The summed E-state index contributed by atoms with van der Waals surface area (Å²) in [5.41, 5.74) is 1.08. The first-order valence-corrected chi connectivity index (χ1v) is 10.2. The van der Waals surface area contributed by atoms with E-state index in [9.17, 15) is 9.59 Å². The third-order valence-corrected chi connectivity index (χ3v) is 5.13. The number of nitrogens with one attached hydrogen (secondary N) is 2. The summed E-state index contributed by atoms with van der Waals surface area (Å²) in [6.45, 7) is 0. The second kappa shape index (κ2) is 10.7. The number of carbonyl (C=O) groups is 2. The average molecular weight is 471 g/mol. The Morgan fingerprint density at radius 3 is 1.78 bits per heavy atom. The fourth-order valence-corrected chi connectivity index (χ4v) is 3.20. The minimum absolute atomic E-state index is 0.173. The van der Waals surface area contributed by atoms with Crippen LogP contribution in [-0.4, -0.2) is 26.0 Å². The fourth-order valence-electron chi connectivity index (χ4n) is 2.83. The van der Waals surface area contributed by atoms with Gasteiger partial charge >= 0.3 is 0 Å². The summed E-state index contributed by atoms with van der Waals surface area (Å²) >= 11 is 12.3. The molecule has 2 amide bonds. The number of para-hydroxylation sites is 2. The number of hydrogen-bond acceptors (Lipinski definition) is 4. The van der Waals surface area contributed by atoms with Crippen molar-refractivity contribution in [2.24, 2.45) is 0 Å². The summed E-state index contributed by atoms with van der Waals surface area (Å²) in [5.74, 6) is -0.305. The number of methoxy groups -OCH3 is 2. The smallest absolute Gasteiger partial charge is 0.261 e. The summed E-state index contributed by atoms with van der Waals surface area (Å²) < 4.78 is 10.6. The number of hydrogen-bond donors (Lipinski definition) is 2. The van der Waals surface area contributed by atoms with Crippen molar-refractivity contribution >= 4 is 52.5 Å². The Balaban J connectivity index is 2.01. The highest BCUT2D eigenvalue weighted by Crippen LogP contribution is 2.28. The summed E-state index contributed by atoms with van der Waals surface area (Å²) in [7, 11) is 3.02. The predicted octanol–water partition coefficient (Wildman–Crippen LogP) is 5.67. The lowest BCUT2D eigenvalue weighted by atomic mass is 10.1. The van der Waals surface area contributed by atoms with Gasteiger partial charge in [0.05, 0.1) is 35.6 Å². The van der Waals surface area contributed by atoms with Crippen LogP contribution in [0.5, 0.6) is 11.5 Å². The topological polar surface area (TPSA) is 76.7 Å². The van der Waals surface area contributed by atoms with E-state index in [0.717, 1.165) is 0 Å². The van der Waals surface area contributed by atoms with Crippen molar-refractivity contribution in [1.29, 1.82) is 0 Å². The Morgan fingerprint density at radius 1 is 0.781 bits per heavy atom. The molecule has 0 aliphatic rings. The van der Waals surface area contributed by atoms with Crippen molar-refractivity contribution in [1.82, 2.24) is 0 Å². The van der Waals surface area contributed by atoms with Gasteiger partial charge in [0, 0.05) is 11.6 Å². The summed E-state index contributed by atoms with van der Waals surface area (Å²) in [4.78, 5) is 26.2. The van der Waals surface area contributed by atoms with Crippen molar-refractivity contribution < 1.29 is 19.1 Å². The van der Waals surface area contributed by atoms with Crippen LogP contribution in [0.4, 0.5) is 11.4 Å². The van der Waals surface area contributed by atoms with Gasteiger partial charge in [-0.25, -0.2) is 0 Å². The number of halogens is 2. The Bertz CT molecular complexity index is 1120. The number of benzene rings is 3. The molecular formula is C24H20Cl2N2O4. The molecule has 0 radical (unpaired) electrons. The van der Waals surface area contributed by atoms with Gasteiger partial charge in [0.1, 0.15) is 17.1 Å². The minimum atomic E-state index is -0.652. The maximum atomic E-state index is 13.1. The van der Waals surface area contributed by atoms with Crippen LogP contribution in [0.15, 0.2) is 72.3 Å².